The van der Waals surface area contributed by atoms with Crippen LogP contribution in [0.3, 0.4) is 0 Å². The highest BCUT2D eigenvalue weighted by Crippen LogP contribution is 2.45. The lowest BCUT2D eigenvalue weighted by Gasteiger charge is -2.19. The van der Waals surface area contributed by atoms with Crippen molar-refractivity contribution in [2.75, 3.05) is 7.11 Å². The van der Waals surface area contributed by atoms with Crippen molar-refractivity contribution in [3.63, 3.8) is 0 Å². The Hall–Kier alpha value is -1.41. The summed E-state index contributed by atoms with van der Waals surface area (Å²) >= 11 is 2.17. The van der Waals surface area contributed by atoms with Crippen LogP contribution in [0, 0.1) is 0 Å². The van der Waals surface area contributed by atoms with Gasteiger partial charge in [0, 0.05) is 10.5 Å². The third-order valence-electron chi connectivity index (χ3n) is 4.39. The summed E-state index contributed by atoms with van der Waals surface area (Å²) in [5.74, 6) is 0.927. The predicted octanol–water partition coefficient (Wildman–Crippen LogP) is 4.90. The Morgan fingerprint density at radius 3 is 2.75 bits per heavy atom. The van der Waals surface area contributed by atoms with Gasteiger partial charge in [0.1, 0.15) is 5.75 Å². The fourth-order valence-corrected chi connectivity index (χ4v) is 4.87. The van der Waals surface area contributed by atoms with Crippen molar-refractivity contribution in [1.29, 1.82) is 0 Å². The van der Waals surface area contributed by atoms with Crippen LogP contribution in [0.25, 0.3) is 16.3 Å². The summed E-state index contributed by atoms with van der Waals surface area (Å²) < 4.78 is 5.29. The third-order valence-corrected chi connectivity index (χ3v) is 5.90. The van der Waals surface area contributed by atoms with Gasteiger partial charge in [0.2, 0.25) is 0 Å². The first-order chi connectivity index (χ1) is 9.81. The van der Waals surface area contributed by atoms with E-state index < -0.39 is 0 Å². The highest BCUT2D eigenvalue weighted by atomic mass is 32.2. The van der Waals surface area contributed by atoms with Gasteiger partial charge in [-0.05, 0) is 59.4 Å². The Bertz CT molecular complexity index is 689. The lowest BCUT2D eigenvalue weighted by Crippen LogP contribution is -2.05. The van der Waals surface area contributed by atoms with E-state index in [1.54, 1.807) is 12.7 Å². The van der Waals surface area contributed by atoms with Gasteiger partial charge in [-0.3, -0.25) is 0 Å². The van der Waals surface area contributed by atoms with Crippen LogP contribution in [0.15, 0.2) is 42.5 Å². The highest BCUT2D eigenvalue weighted by Gasteiger charge is 2.29. The first-order valence-corrected chi connectivity index (χ1v) is 8.20. The van der Waals surface area contributed by atoms with E-state index in [1.165, 1.54) is 35.6 Å². The summed E-state index contributed by atoms with van der Waals surface area (Å²) in [7, 11) is 1.72. The number of thioether (sulfide) groups is 1. The van der Waals surface area contributed by atoms with E-state index in [9.17, 15) is 0 Å². The van der Waals surface area contributed by atoms with Gasteiger partial charge in [0.25, 0.3) is 0 Å². The normalized spacial score (nSPS) is 24.8. The molecule has 0 amide bonds. The Morgan fingerprint density at radius 1 is 1.05 bits per heavy atom. The van der Waals surface area contributed by atoms with Gasteiger partial charge < -0.3 is 4.74 Å². The van der Waals surface area contributed by atoms with Gasteiger partial charge in [-0.25, -0.2) is 0 Å². The van der Waals surface area contributed by atoms with Crippen LogP contribution >= 0.6 is 11.8 Å². The molecule has 2 aliphatic rings. The maximum absolute atomic E-state index is 5.29. The molecule has 4 rings (SSSR count). The fourth-order valence-electron chi connectivity index (χ4n) is 3.31. The SMILES string of the molecule is COc1ccc2cc(C3=CC4CCC(C3)S4)ccc2c1. The average Bonchev–Trinajstić information content (AvgIpc) is 2.84. The van der Waals surface area contributed by atoms with Crippen molar-refractivity contribution < 1.29 is 4.74 Å². The Kier molecular flexibility index (Phi) is 2.99. The third kappa shape index (κ3) is 2.12. The minimum atomic E-state index is 0.760. The zero-order chi connectivity index (χ0) is 13.5. The molecule has 0 spiro atoms. The number of rotatable bonds is 2. The molecule has 0 aromatic heterocycles. The van der Waals surface area contributed by atoms with Crippen molar-refractivity contribution in [1.82, 2.24) is 0 Å². The molecule has 2 aliphatic heterocycles. The lowest BCUT2D eigenvalue weighted by molar-refractivity contribution is 0.415. The molecule has 0 saturated carbocycles. The van der Waals surface area contributed by atoms with Crippen molar-refractivity contribution >= 4 is 28.1 Å². The molecule has 2 heterocycles. The van der Waals surface area contributed by atoms with E-state index in [2.05, 4.69) is 48.2 Å². The molecule has 1 nitrogen and oxygen atoms in total. The van der Waals surface area contributed by atoms with E-state index in [4.69, 9.17) is 4.74 Å². The predicted molar refractivity (Wildman–Crippen MR) is 87.5 cm³/mol. The molecule has 1 fully saturated rings. The van der Waals surface area contributed by atoms with E-state index in [0.717, 1.165) is 16.2 Å². The standard InChI is InChI=1S/C18H18OS/c1-19-16-5-4-12-8-13(2-3-14(12)9-16)15-10-17-6-7-18(11-15)20-17/h2-5,8-10,17-18H,6-7,11H2,1H3. The smallest absolute Gasteiger partial charge is 0.119 e. The number of fused-ring (bicyclic) bond motifs is 3. The van der Waals surface area contributed by atoms with Gasteiger partial charge in [0.15, 0.2) is 0 Å². The molecule has 0 aliphatic carbocycles. The van der Waals surface area contributed by atoms with Gasteiger partial charge >= 0.3 is 0 Å². The summed E-state index contributed by atoms with van der Waals surface area (Å²) in [6.45, 7) is 0. The van der Waals surface area contributed by atoms with Crippen LogP contribution in [-0.4, -0.2) is 17.6 Å². The summed E-state index contributed by atoms with van der Waals surface area (Å²) in [4.78, 5) is 0. The number of methoxy groups -OCH3 is 1. The van der Waals surface area contributed by atoms with E-state index in [-0.39, 0.29) is 0 Å². The Balaban J connectivity index is 1.74. The molecule has 2 bridgehead atoms. The van der Waals surface area contributed by atoms with Crippen molar-refractivity contribution in [3.8, 4) is 5.75 Å². The molecule has 2 aromatic rings. The van der Waals surface area contributed by atoms with Gasteiger partial charge in [-0.15, -0.1) is 0 Å². The number of ether oxygens (including phenoxy) is 1. The minimum absolute atomic E-state index is 0.760. The van der Waals surface area contributed by atoms with Crippen LogP contribution in [0.4, 0.5) is 0 Å². The fraction of sp³-hybridized carbons (Fsp3) is 0.333. The van der Waals surface area contributed by atoms with E-state index in [1.807, 2.05) is 6.07 Å². The number of hydrogen-bond acceptors (Lipinski definition) is 2. The number of allylic oxidation sites excluding steroid dienone is 1. The molecule has 1 saturated heterocycles. The molecule has 2 unspecified atom stereocenters. The summed E-state index contributed by atoms with van der Waals surface area (Å²) in [6, 6.07) is 13.1. The van der Waals surface area contributed by atoms with Gasteiger partial charge in [-0.2, -0.15) is 11.8 Å². The van der Waals surface area contributed by atoms with Crippen LogP contribution < -0.4 is 4.74 Å². The Morgan fingerprint density at radius 2 is 1.90 bits per heavy atom. The average molecular weight is 282 g/mol. The van der Waals surface area contributed by atoms with Gasteiger partial charge in [-0.1, -0.05) is 24.3 Å². The maximum atomic E-state index is 5.29. The number of benzene rings is 2. The first kappa shape index (κ1) is 12.3. The minimum Gasteiger partial charge on any atom is -0.497 e. The zero-order valence-electron chi connectivity index (χ0n) is 11.6. The molecule has 2 heteroatoms. The second-order valence-electron chi connectivity index (χ2n) is 5.70. The molecule has 2 aromatic carbocycles. The Labute approximate surface area is 124 Å². The van der Waals surface area contributed by atoms with Crippen molar-refractivity contribution in [2.45, 2.75) is 29.8 Å². The maximum Gasteiger partial charge on any atom is 0.119 e. The molecule has 102 valence electrons. The first-order valence-electron chi connectivity index (χ1n) is 7.26. The quantitative estimate of drug-likeness (QED) is 0.775. The zero-order valence-corrected chi connectivity index (χ0v) is 12.5. The second kappa shape index (κ2) is 4.85. The molecule has 20 heavy (non-hydrogen) atoms. The topological polar surface area (TPSA) is 9.23 Å². The summed E-state index contributed by atoms with van der Waals surface area (Å²) in [5, 5.41) is 4.17. The van der Waals surface area contributed by atoms with Crippen molar-refractivity contribution in [2.24, 2.45) is 0 Å². The molecule has 2 atom stereocenters. The van der Waals surface area contributed by atoms with Crippen LogP contribution in [0.1, 0.15) is 24.8 Å². The van der Waals surface area contributed by atoms with Crippen LogP contribution in [0.2, 0.25) is 0 Å². The second-order valence-corrected chi connectivity index (χ2v) is 7.24. The van der Waals surface area contributed by atoms with Crippen molar-refractivity contribution in [3.05, 3.63) is 48.0 Å². The largest absolute Gasteiger partial charge is 0.497 e. The molecule has 0 radical (unpaired) electrons. The lowest BCUT2D eigenvalue weighted by atomic mass is 9.97. The summed E-state index contributed by atoms with van der Waals surface area (Å²) in [5.41, 5.74) is 2.95. The van der Waals surface area contributed by atoms with E-state index >= 15 is 0 Å². The van der Waals surface area contributed by atoms with E-state index in [0.29, 0.717) is 0 Å². The summed E-state index contributed by atoms with van der Waals surface area (Å²) in [6.07, 6.45) is 6.49. The molecular weight excluding hydrogens is 264 g/mol. The van der Waals surface area contributed by atoms with Crippen LogP contribution in [0.5, 0.6) is 5.75 Å². The number of hydrogen-bond donors (Lipinski definition) is 0. The highest BCUT2D eigenvalue weighted by molar-refractivity contribution is 8.01. The van der Waals surface area contributed by atoms with Gasteiger partial charge in [0.05, 0.1) is 7.11 Å². The molecular formula is C18H18OS. The molecule has 0 N–H and O–H groups in total. The monoisotopic (exact) mass is 282 g/mol. The van der Waals surface area contributed by atoms with Crippen LogP contribution in [-0.2, 0) is 0 Å².